The van der Waals surface area contributed by atoms with Crippen LogP contribution >= 0.6 is 23.2 Å². The Hall–Kier alpha value is -4.79. The van der Waals surface area contributed by atoms with Crippen molar-refractivity contribution in [3.63, 3.8) is 0 Å². The number of benzene rings is 2. The number of methoxy groups -OCH3 is 1. The van der Waals surface area contributed by atoms with E-state index in [4.69, 9.17) is 27.9 Å². The van der Waals surface area contributed by atoms with Crippen LogP contribution in [0.3, 0.4) is 0 Å². The topological polar surface area (TPSA) is 169 Å². The van der Waals surface area contributed by atoms with Gasteiger partial charge in [0.1, 0.15) is 23.0 Å². The molecule has 2 unspecified atom stereocenters. The minimum absolute atomic E-state index is 0.0860. The van der Waals surface area contributed by atoms with Crippen LogP contribution in [0.4, 0.5) is 10.5 Å². The first-order valence-corrected chi connectivity index (χ1v) is 15.0. The largest absolute Gasteiger partial charge is 0.453 e. The minimum Gasteiger partial charge on any atom is -0.453 e. The van der Waals surface area contributed by atoms with Crippen molar-refractivity contribution in [2.24, 2.45) is 0 Å². The number of aromatic amines is 1. The van der Waals surface area contributed by atoms with Gasteiger partial charge in [-0.15, -0.1) is 5.10 Å². The van der Waals surface area contributed by atoms with Crippen LogP contribution in [0.2, 0.25) is 10.2 Å². The molecule has 0 radical (unpaired) electrons. The van der Waals surface area contributed by atoms with Gasteiger partial charge in [0.05, 0.1) is 37.5 Å². The average Bonchev–Trinajstić information content (AvgIpc) is 3.70. The Labute approximate surface area is 274 Å². The smallest absolute Gasteiger partial charge is 0.411 e. The number of morpholine rings is 1. The molecule has 1 saturated heterocycles. The normalized spacial score (nSPS) is 17.1. The number of hydrogen-bond acceptors (Lipinski definition) is 9. The second-order valence-electron chi connectivity index (χ2n) is 10.6. The first kappa shape index (κ1) is 32.6. The van der Waals surface area contributed by atoms with Gasteiger partial charge in [0.25, 0.3) is 0 Å². The van der Waals surface area contributed by atoms with Crippen LogP contribution in [0.5, 0.6) is 0 Å². The number of imidazole rings is 1. The molecule has 0 aliphatic carbocycles. The molecule has 2 aromatic heterocycles. The first-order chi connectivity index (χ1) is 22.1. The molecule has 3 heterocycles. The summed E-state index contributed by atoms with van der Waals surface area (Å²) in [7, 11) is 1.27. The number of H-pyrrole nitrogens is 1. The monoisotopic (exact) mass is 667 g/mol. The number of amides is 3. The van der Waals surface area contributed by atoms with Crippen LogP contribution in [-0.2, 0) is 19.1 Å². The van der Waals surface area contributed by atoms with E-state index in [1.807, 2.05) is 13.8 Å². The quantitative estimate of drug-likeness (QED) is 0.219. The highest BCUT2D eigenvalue weighted by atomic mass is 35.5. The van der Waals surface area contributed by atoms with Gasteiger partial charge in [0, 0.05) is 41.0 Å². The van der Waals surface area contributed by atoms with E-state index in [0.717, 1.165) is 0 Å². The summed E-state index contributed by atoms with van der Waals surface area (Å²) in [5, 5.41) is 17.4. The van der Waals surface area contributed by atoms with Crippen molar-refractivity contribution in [3.8, 4) is 16.9 Å². The second kappa shape index (κ2) is 14.5. The van der Waals surface area contributed by atoms with Gasteiger partial charge < -0.3 is 24.7 Å². The Morgan fingerprint density at radius 1 is 1.13 bits per heavy atom. The van der Waals surface area contributed by atoms with Gasteiger partial charge in [0.15, 0.2) is 0 Å². The van der Waals surface area contributed by atoms with E-state index in [1.165, 1.54) is 24.2 Å². The van der Waals surface area contributed by atoms with Gasteiger partial charge in [0.2, 0.25) is 11.8 Å². The van der Waals surface area contributed by atoms with Crippen LogP contribution in [-0.4, -0.2) is 85.4 Å². The lowest BCUT2D eigenvalue weighted by Gasteiger charge is -2.36. The number of ether oxygens (including phenoxy) is 2. The highest BCUT2D eigenvalue weighted by molar-refractivity contribution is 6.32. The van der Waals surface area contributed by atoms with Crippen LogP contribution in [0, 0.1) is 0 Å². The van der Waals surface area contributed by atoms with Crippen LogP contribution < -0.4 is 10.6 Å². The van der Waals surface area contributed by atoms with E-state index < -0.39 is 18.0 Å². The van der Waals surface area contributed by atoms with Crippen LogP contribution in [0.15, 0.2) is 54.9 Å². The summed E-state index contributed by atoms with van der Waals surface area (Å²) in [6.07, 6.45) is 3.39. The number of aromatic nitrogens is 6. The van der Waals surface area contributed by atoms with Crippen molar-refractivity contribution in [1.29, 1.82) is 0 Å². The van der Waals surface area contributed by atoms with Crippen molar-refractivity contribution in [3.05, 3.63) is 76.4 Å². The summed E-state index contributed by atoms with van der Waals surface area (Å²) in [5.74, 6) is -0.380. The number of carbonyl (C=O) groups excluding carboxylic acids is 3. The van der Waals surface area contributed by atoms with Crippen molar-refractivity contribution in [2.45, 2.75) is 38.5 Å². The highest BCUT2D eigenvalue weighted by Crippen LogP contribution is 2.30. The molecule has 240 valence electrons. The molecule has 0 spiro atoms. The summed E-state index contributed by atoms with van der Waals surface area (Å²) >= 11 is 12.8. The van der Waals surface area contributed by atoms with Gasteiger partial charge in [-0.05, 0) is 60.7 Å². The number of nitrogens with zero attached hydrogens (tertiary/aromatic N) is 6. The van der Waals surface area contributed by atoms with E-state index in [-0.39, 0.29) is 29.7 Å². The number of hydrogen-bond donors (Lipinski definition) is 3. The van der Waals surface area contributed by atoms with Crippen molar-refractivity contribution < 1.29 is 23.9 Å². The van der Waals surface area contributed by atoms with E-state index in [1.54, 1.807) is 53.4 Å². The summed E-state index contributed by atoms with van der Waals surface area (Å²) < 4.78 is 11.9. The lowest BCUT2D eigenvalue weighted by molar-refractivity contribution is -0.143. The number of nitrogens with one attached hydrogen (secondary N) is 3. The molecule has 3 N–H and O–H groups in total. The number of rotatable bonds is 9. The predicted octanol–water partition coefficient (Wildman–Crippen LogP) is 4.43. The summed E-state index contributed by atoms with van der Waals surface area (Å²) in [4.78, 5) is 47.8. The standard InChI is InChI=1S/C30H31Cl2N9O5/c1-17-14-40(15-18(2)46-17)26(43)13-23(29-36-27(28(32)37-29)19-4-8-22(9-5-19)34-30(44)45-3)35-25(42)11-6-20-12-21(31)7-10-24(20)41-16-33-38-39-41/h4-12,16-18,23H,13-15H2,1-3H3,(H,34,44)(H,35,42)(H,36,37)/b11-6+/t17?,18?,23-/m0/s1. The Balaban J connectivity index is 1.40. The zero-order valence-electron chi connectivity index (χ0n) is 25.1. The summed E-state index contributed by atoms with van der Waals surface area (Å²) in [5.41, 5.74) is 2.76. The molecule has 1 aliphatic rings. The maximum absolute atomic E-state index is 13.5. The molecule has 14 nitrogen and oxygen atoms in total. The molecule has 16 heteroatoms. The molecular formula is C30H31Cl2N9O5. The van der Waals surface area contributed by atoms with Crippen LogP contribution in [0.1, 0.15) is 37.7 Å². The maximum atomic E-state index is 13.5. The highest BCUT2D eigenvalue weighted by Gasteiger charge is 2.30. The van der Waals surface area contributed by atoms with Crippen molar-refractivity contribution in [2.75, 3.05) is 25.5 Å². The molecule has 5 rings (SSSR count). The van der Waals surface area contributed by atoms with Gasteiger partial charge in [-0.3, -0.25) is 14.9 Å². The third-order valence-corrected chi connectivity index (χ3v) is 7.57. The molecule has 0 saturated carbocycles. The fraction of sp³-hybridized carbons (Fsp3) is 0.300. The molecule has 3 amide bonds. The molecule has 3 atom stereocenters. The van der Waals surface area contributed by atoms with E-state index in [9.17, 15) is 14.4 Å². The fourth-order valence-corrected chi connectivity index (χ4v) is 5.46. The Bertz CT molecular complexity index is 1720. The number of anilines is 1. The molecule has 1 fully saturated rings. The van der Waals surface area contributed by atoms with Gasteiger partial charge >= 0.3 is 6.09 Å². The fourth-order valence-electron chi connectivity index (χ4n) is 5.03. The molecule has 0 bridgehead atoms. The molecule has 2 aromatic carbocycles. The zero-order valence-corrected chi connectivity index (χ0v) is 26.6. The number of tetrazole rings is 1. The molecule has 46 heavy (non-hydrogen) atoms. The van der Waals surface area contributed by atoms with Crippen LogP contribution in [0.25, 0.3) is 23.0 Å². The van der Waals surface area contributed by atoms with E-state index >= 15 is 0 Å². The van der Waals surface area contributed by atoms with Gasteiger partial charge in [-0.25, -0.2) is 9.78 Å². The lowest BCUT2D eigenvalue weighted by Crippen LogP contribution is -2.49. The van der Waals surface area contributed by atoms with Crippen molar-refractivity contribution in [1.82, 2.24) is 40.4 Å². The Morgan fingerprint density at radius 3 is 2.54 bits per heavy atom. The van der Waals surface area contributed by atoms with Gasteiger partial charge in [-0.1, -0.05) is 35.3 Å². The SMILES string of the molecule is COC(=O)Nc1ccc(-c2nc([C@H](CC(=O)N3CC(C)OC(C)C3)NC(=O)/C=C/c3cc(Cl)ccc3-n3cnnn3)[nH]c2Cl)cc1. The number of halogens is 2. The average molecular weight is 669 g/mol. The third kappa shape index (κ3) is 8.07. The lowest BCUT2D eigenvalue weighted by atomic mass is 10.1. The summed E-state index contributed by atoms with van der Waals surface area (Å²) in [6, 6.07) is 11.0. The second-order valence-corrected chi connectivity index (χ2v) is 11.4. The third-order valence-electron chi connectivity index (χ3n) is 7.07. The summed E-state index contributed by atoms with van der Waals surface area (Å²) in [6.45, 7) is 4.66. The van der Waals surface area contributed by atoms with E-state index in [2.05, 4.69) is 40.9 Å². The number of carbonyl (C=O) groups is 3. The maximum Gasteiger partial charge on any atom is 0.411 e. The van der Waals surface area contributed by atoms with E-state index in [0.29, 0.717) is 52.1 Å². The van der Waals surface area contributed by atoms with Crippen molar-refractivity contribution >= 4 is 52.9 Å². The molecular weight excluding hydrogens is 637 g/mol. The molecule has 4 aromatic rings. The first-order valence-electron chi connectivity index (χ1n) is 14.2. The predicted molar refractivity (Wildman–Crippen MR) is 170 cm³/mol. The minimum atomic E-state index is -0.858. The Morgan fingerprint density at radius 2 is 1.87 bits per heavy atom. The van der Waals surface area contributed by atoms with Gasteiger partial charge in [-0.2, -0.15) is 4.68 Å². The Kier molecular flexibility index (Phi) is 10.3. The zero-order chi connectivity index (χ0) is 32.8. The molecule has 1 aliphatic heterocycles.